The lowest BCUT2D eigenvalue weighted by Gasteiger charge is -2.33. The van der Waals surface area contributed by atoms with Crippen molar-refractivity contribution in [2.24, 2.45) is 0 Å². The fraction of sp³-hybridized carbons (Fsp3) is 0.600. The molecule has 0 aromatic heterocycles. The fourth-order valence-electron chi connectivity index (χ4n) is 1.48. The number of rotatable bonds is 6. The van der Waals surface area contributed by atoms with Crippen LogP contribution in [0.5, 0.6) is 5.75 Å². The van der Waals surface area contributed by atoms with E-state index >= 15 is 0 Å². The summed E-state index contributed by atoms with van der Waals surface area (Å²) in [5, 5.41) is 3.43. The lowest BCUT2D eigenvalue weighted by Crippen LogP contribution is -2.44. The van der Waals surface area contributed by atoms with E-state index in [0.717, 1.165) is 18.0 Å². The molecule has 1 aromatic carbocycles. The molecule has 0 aliphatic heterocycles. The molecule has 0 aliphatic rings. The van der Waals surface area contributed by atoms with Crippen LogP contribution < -0.4 is 15.8 Å². The van der Waals surface area contributed by atoms with Crippen molar-refractivity contribution >= 4 is 11.4 Å². The molecule has 0 radical (unpaired) electrons. The third kappa shape index (κ3) is 4.63. The number of nitrogens with two attached hydrogens (primary N) is 1. The molecule has 0 spiro atoms. The summed E-state index contributed by atoms with van der Waals surface area (Å²) in [7, 11) is 4.16. The molecule has 1 aromatic rings. The van der Waals surface area contributed by atoms with Gasteiger partial charge in [0.05, 0.1) is 11.8 Å². The molecular formula is C15H27N3O. The van der Waals surface area contributed by atoms with Crippen molar-refractivity contribution in [3.63, 3.8) is 0 Å². The van der Waals surface area contributed by atoms with Crippen molar-refractivity contribution in [2.75, 3.05) is 31.7 Å². The normalized spacial score (nSPS) is 12.0. The zero-order chi connectivity index (χ0) is 14.6. The summed E-state index contributed by atoms with van der Waals surface area (Å²) in [5.74, 6) is 0.739. The van der Waals surface area contributed by atoms with Crippen LogP contribution in [0.2, 0.25) is 0 Å². The number of benzene rings is 1. The van der Waals surface area contributed by atoms with Crippen molar-refractivity contribution in [2.45, 2.75) is 39.3 Å². The minimum atomic E-state index is 0.0838. The quantitative estimate of drug-likeness (QED) is 0.777. The zero-order valence-corrected chi connectivity index (χ0v) is 12.9. The van der Waals surface area contributed by atoms with Crippen LogP contribution >= 0.6 is 0 Å². The van der Waals surface area contributed by atoms with Gasteiger partial charge in [-0.25, -0.2) is 0 Å². The van der Waals surface area contributed by atoms with Crippen molar-refractivity contribution in [1.82, 2.24) is 4.90 Å². The Morgan fingerprint density at radius 3 is 2.47 bits per heavy atom. The Morgan fingerprint density at radius 2 is 1.95 bits per heavy atom. The molecule has 0 saturated carbocycles. The van der Waals surface area contributed by atoms with Crippen molar-refractivity contribution in [3.05, 3.63) is 18.2 Å². The maximum absolute atomic E-state index is 5.91. The van der Waals surface area contributed by atoms with Crippen LogP contribution in [-0.2, 0) is 0 Å². The fourth-order valence-corrected chi connectivity index (χ4v) is 1.48. The molecule has 0 amide bonds. The van der Waals surface area contributed by atoms with Crippen molar-refractivity contribution < 1.29 is 4.74 Å². The first kappa shape index (κ1) is 15.6. The average Bonchev–Trinajstić information content (AvgIpc) is 2.29. The molecule has 0 unspecified atom stereocenters. The Morgan fingerprint density at radius 1 is 1.32 bits per heavy atom. The molecule has 108 valence electrons. The van der Waals surface area contributed by atoms with Crippen LogP contribution in [-0.4, -0.2) is 37.2 Å². The second kappa shape index (κ2) is 6.15. The van der Waals surface area contributed by atoms with Gasteiger partial charge < -0.3 is 20.7 Å². The van der Waals surface area contributed by atoms with Gasteiger partial charge in [0.1, 0.15) is 5.75 Å². The summed E-state index contributed by atoms with van der Waals surface area (Å²) < 4.78 is 5.69. The van der Waals surface area contributed by atoms with Gasteiger partial charge in [0.15, 0.2) is 0 Å². The first-order chi connectivity index (χ1) is 8.72. The molecule has 0 fully saturated rings. The second-order valence-electron chi connectivity index (χ2n) is 5.98. The summed E-state index contributed by atoms with van der Waals surface area (Å²) >= 11 is 0. The molecule has 0 bridgehead atoms. The van der Waals surface area contributed by atoms with Gasteiger partial charge in [-0.3, -0.25) is 0 Å². The average molecular weight is 265 g/mol. The van der Waals surface area contributed by atoms with E-state index in [2.05, 4.69) is 38.2 Å². The number of hydrogen-bond donors (Lipinski definition) is 2. The van der Waals surface area contributed by atoms with Gasteiger partial charge in [-0.1, -0.05) is 0 Å². The summed E-state index contributed by atoms with van der Waals surface area (Å²) in [6.07, 6.45) is 0.121. The molecule has 0 aliphatic carbocycles. The van der Waals surface area contributed by atoms with Crippen LogP contribution in [0.15, 0.2) is 18.2 Å². The Hall–Kier alpha value is -1.42. The van der Waals surface area contributed by atoms with E-state index in [1.165, 1.54) is 0 Å². The monoisotopic (exact) mass is 265 g/mol. The zero-order valence-electron chi connectivity index (χ0n) is 12.9. The van der Waals surface area contributed by atoms with Crippen LogP contribution in [0, 0.1) is 0 Å². The first-order valence-electron chi connectivity index (χ1n) is 6.70. The lowest BCUT2D eigenvalue weighted by molar-refractivity contribution is 0.210. The molecule has 0 saturated heterocycles. The van der Waals surface area contributed by atoms with Gasteiger partial charge in [-0.15, -0.1) is 0 Å². The molecular weight excluding hydrogens is 238 g/mol. The highest BCUT2D eigenvalue weighted by atomic mass is 16.5. The standard InChI is InChI=1S/C15H27N3O/c1-11(2)19-14-9-12(7-8-13(14)16)17-10-15(3,4)18(5)6/h7-9,11,17H,10,16H2,1-6H3. The van der Waals surface area contributed by atoms with Gasteiger partial charge in [-0.2, -0.15) is 0 Å². The lowest BCUT2D eigenvalue weighted by atomic mass is 10.0. The highest BCUT2D eigenvalue weighted by molar-refractivity contribution is 5.61. The largest absolute Gasteiger partial charge is 0.489 e. The minimum Gasteiger partial charge on any atom is -0.489 e. The maximum atomic E-state index is 5.91. The maximum Gasteiger partial charge on any atom is 0.144 e. The molecule has 4 heteroatoms. The van der Waals surface area contributed by atoms with Gasteiger partial charge in [0.2, 0.25) is 0 Å². The highest BCUT2D eigenvalue weighted by Gasteiger charge is 2.19. The Balaban J connectivity index is 2.75. The molecule has 0 atom stereocenters. The third-order valence-corrected chi connectivity index (χ3v) is 3.31. The Labute approximate surface area is 116 Å². The van der Waals surface area contributed by atoms with E-state index < -0.39 is 0 Å². The molecule has 1 rings (SSSR count). The van der Waals surface area contributed by atoms with Crippen molar-refractivity contribution in [3.8, 4) is 5.75 Å². The number of hydrogen-bond acceptors (Lipinski definition) is 4. The smallest absolute Gasteiger partial charge is 0.144 e. The van der Waals surface area contributed by atoms with E-state index in [1.54, 1.807) is 0 Å². The van der Waals surface area contributed by atoms with Crippen molar-refractivity contribution in [1.29, 1.82) is 0 Å². The van der Waals surface area contributed by atoms with Gasteiger partial charge in [-0.05, 0) is 53.9 Å². The molecule has 19 heavy (non-hydrogen) atoms. The summed E-state index contributed by atoms with van der Waals surface area (Å²) in [6, 6.07) is 5.82. The second-order valence-corrected chi connectivity index (χ2v) is 5.98. The van der Waals surface area contributed by atoms with E-state index in [9.17, 15) is 0 Å². The van der Waals surface area contributed by atoms with Crippen LogP contribution in [0.4, 0.5) is 11.4 Å². The van der Waals surface area contributed by atoms with Gasteiger partial charge in [0, 0.05) is 23.8 Å². The Kier molecular flexibility index (Phi) is 5.06. The summed E-state index contributed by atoms with van der Waals surface area (Å²) in [6.45, 7) is 9.24. The van der Waals surface area contributed by atoms with Crippen LogP contribution in [0.3, 0.4) is 0 Å². The summed E-state index contributed by atoms with van der Waals surface area (Å²) in [4.78, 5) is 2.20. The molecule has 3 N–H and O–H groups in total. The third-order valence-electron chi connectivity index (χ3n) is 3.31. The van der Waals surface area contributed by atoms with Gasteiger partial charge in [0.25, 0.3) is 0 Å². The van der Waals surface area contributed by atoms with Crippen LogP contribution in [0.25, 0.3) is 0 Å². The molecule has 0 heterocycles. The first-order valence-corrected chi connectivity index (χ1v) is 6.70. The number of nitrogen functional groups attached to an aromatic ring is 1. The van der Waals surface area contributed by atoms with Crippen LogP contribution in [0.1, 0.15) is 27.7 Å². The van der Waals surface area contributed by atoms with Gasteiger partial charge >= 0.3 is 0 Å². The van der Waals surface area contributed by atoms with E-state index in [4.69, 9.17) is 10.5 Å². The highest BCUT2D eigenvalue weighted by Crippen LogP contribution is 2.27. The summed E-state index contributed by atoms with van der Waals surface area (Å²) in [5.41, 5.74) is 7.69. The number of nitrogens with one attached hydrogen (secondary N) is 1. The SMILES string of the molecule is CC(C)Oc1cc(NCC(C)(C)N(C)C)ccc1N. The Bertz CT molecular complexity index is 414. The number of anilines is 2. The van der Waals surface area contributed by atoms with E-state index in [1.807, 2.05) is 32.0 Å². The number of nitrogens with zero attached hydrogens (tertiary/aromatic N) is 1. The predicted octanol–water partition coefficient (Wildman–Crippen LogP) is 2.81. The minimum absolute atomic E-state index is 0.0838. The van der Waals surface area contributed by atoms with E-state index in [-0.39, 0.29) is 11.6 Å². The topological polar surface area (TPSA) is 50.5 Å². The molecule has 4 nitrogen and oxygen atoms in total. The number of ether oxygens (including phenoxy) is 1. The predicted molar refractivity (Wildman–Crippen MR) is 82.9 cm³/mol. The number of likely N-dealkylation sites (N-methyl/N-ethyl adjacent to an activating group) is 1. The van der Waals surface area contributed by atoms with E-state index in [0.29, 0.717) is 5.69 Å².